The molecule has 0 aliphatic carbocycles. The van der Waals surface area contributed by atoms with Crippen molar-refractivity contribution in [1.29, 1.82) is 0 Å². The molecule has 0 saturated carbocycles. The number of allylic oxidation sites excluding steroid dienone is 2. The summed E-state index contributed by atoms with van der Waals surface area (Å²) in [4.78, 5) is 75.3. The van der Waals surface area contributed by atoms with Crippen molar-refractivity contribution in [2.24, 2.45) is 0 Å². The summed E-state index contributed by atoms with van der Waals surface area (Å²) in [5, 5.41) is 41.1. The largest absolute Gasteiger partial charge is 0.494 e. The van der Waals surface area contributed by atoms with Gasteiger partial charge < -0.3 is 39.4 Å². The summed E-state index contributed by atoms with van der Waals surface area (Å²) in [6.45, 7) is 1.00. The molecule has 0 aliphatic rings. The number of hydrogen-bond donors (Lipinski definition) is 4. The van der Waals surface area contributed by atoms with Gasteiger partial charge in [-0.05, 0) is 134 Å². The molecule has 0 radical (unpaired) electrons. The van der Waals surface area contributed by atoms with Gasteiger partial charge in [0, 0.05) is 11.1 Å². The Morgan fingerprint density at radius 1 is 0.347 bits per heavy atom. The quantitative estimate of drug-likeness (QED) is 0.0195. The molecule has 72 heavy (non-hydrogen) atoms. The van der Waals surface area contributed by atoms with Crippen LogP contribution in [0.1, 0.15) is 125 Å². The average molecular weight is 975 g/mol. The lowest BCUT2D eigenvalue weighted by Gasteiger charge is -2.18. The number of carbonyl (C=O) groups is 6. The van der Waals surface area contributed by atoms with Gasteiger partial charge in [-0.25, -0.2) is 19.2 Å². The topological polar surface area (TPSA) is 220 Å². The fraction of sp³-hybridized carbons (Fsp3) is 0.207. The van der Waals surface area contributed by atoms with Crippen LogP contribution in [0.3, 0.4) is 0 Å². The van der Waals surface area contributed by atoms with Crippen molar-refractivity contribution in [3.63, 3.8) is 0 Å². The van der Waals surface area contributed by atoms with E-state index in [1.807, 2.05) is 84.9 Å². The van der Waals surface area contributed by atoms with Crippen LogP contribution in [0, 0.1) is 0 Å². The summed E-state index contributed by atoms with van der Waals surface area (Å²) in [7, 11) is 0. The third-order valence-corrected chi connectivity index (χ3v) is 11.3. The molecule has 0 spiro atoms. The predicted molar refractivity (Wildman–Crippen MR) is 271 cm³/mol. The van der Waals surface area contributed by atoms with E-state index in [0.29, 0.717) is 61.5 Å². The van der Waals surface area contributed by atoms with Crippen LogP contribution < -0.4 is 18.9 Å². The lowest BCUT2D eigenvalue weighted by molar-refractivity contribution is 0.0646. The molecule has 0 atom stereocenters. The summed E-state index contributed by atoms with van der Waals surface area (Å²) in [6, 6.07) is 37.5. The predicted octanol–water partition coefficient (Wildman–Crippen LogP) is 12.0. The summed E-state index contributed by atoms with van der Waals surface area (Å²) >= 11 is 0. The van der Waals surface area contributed by atoms with Crippen LogP contribution in [0.15, 0.2) is 146 Å². The minimum absolute atomic E-state index is 0.0548. The van der Waals surface area contributed by atoms with Gasteiger partial charge in [0.1, 0.15) is 34.1 Å². The highest BCUT2D eigenvalue weighted by molar-refractivity contribution is 6.13. The van der Waals surface area contributed by atoms with Crippen molar-refractivity contribution in [3.8, 4) is 34.1 Å². The number of aromatic carboxylic acids is 4. The number of carboxylic acids is 4. The molecule has 0 bridgehead atoms. The molecule has 4 N–H and O–H groups in total. The molecule has 0 amide bonds. The molecule has 14 nitrogen and oxygen atoms in total. The zero-order valence-electron chi connectivity index (χ0n) is 39.4. The van der Waals surface area contributed by atoms with Crippen LogP contribution in [0.25, 0.3) is 23.3 Å². The van der Waals surface area contributed by atoms with Crippen LogP contribution in [0.4, 0.5) is 0 Å². The Bertz CT molecular complexity index is 2690. The normalized spacial score (nSPS) is 11.1. The number of carbonyl (C=O) groups excluding carboxylic acids is 2. The highest BCUT2D eigenvalue weighted by atomic mass is 16.5. The average Bonchev–Trinajstić information content (AvgIpc) is 3.39. The van der Waals surface area contributed by atoms with Crippen molar-refractivity contribution in [1.82, 2.24) is 0 Å². The molecule has 6 aromatic carbocycles. The van der Waals surface area contributed by atoms with E-state index in [-0.39, 0.29) is 47.4 Å². The summed E-state index contributed by atoms with van der Waals surface area (Å²) in [5.74, 6) is -5.95. The number of carboxylic acid groups (broad SMARTS) is 4. The fourth-order valence-corrected chi connectivity index (χ4v) is 7.68. The smallest absolute Gasteiger partial charge is 0.340 e. The monoisotopic (exact) mass is 974 g/mol. The van der Waals surface area contributed by atoms with Crippen molar-refractivity contribution < 1.29 is 68.1 Å². The first-order valence-corrected chi connectivity index (χ1v) is 23.4. The van der Waals surface area contributed by atoms with Crippen molar-refractivity contribution in [2.45, 2.75) is 51.4 Å². The van der Waals surface area contributed by atoms with Gasteiger partial charge in [-0.2, -0.15) is 0 Å². The van der Waals surface area contributed by atoms with Crippen LogP contribution in [-0.2, 0) is 0 Å². The molecule has 0 aromatic heterocycles. The van der Waals surface area contributed by atoms with E-state index < -0.39 is 46.1 Å². The third-order valence-electron chi connectivity index (χ3n) is 11.3. The zero-order chi connectivity index (χ0) is 51.2. The van der Waals surface area contributed by atoms with Gasteiger partial charge in [0.05, 0.1) is 37.6 Å². The SMILES string of the molecule is O=C(/C=C/c1ccc(OCCCCCCOc2ccc(-c3ccc(OCCCCCCOc4ccc(/C=C/C(=O)c5ccccc5)cc4)c(C(=O)O)c3C(=O)O)c(C(=O)O)c2C(=O)O)cc1)c1ccccc1. The number of unbranched alkanes of at least 4 members (excludes halogenated alkanes) is 6. The Hall–Kier alpha value is -8.78. The lowest BCUT2D eigenvalue weighted by Crippen LogP contribution is -2.16. The van der Waals surface area contributed by atoms with E-state index in [2.05, 4.69) is 0 Å². The Morgan fingerprint density at radius 3 is 0.986 bits per heavy atom. The van der Waals surface area contributed by atoms with Gasteiger partial charge in [0.15, 0.2) is 11.6 Å². The highest BCUT2D eigenvalue weighted by Gasteiger charge is 2.31. The van der Waals surface area contributed by atoms with Crippen LogP contribution in [0.5, 0.6) is 23.0 Å². The zero-order valence-corrected chi connectivity index (χ0v) is 39.4. The van der Waals surface area contributed by atoms with Gasteiger partial charge in [0.2, 0.25) is 0 Å². The number of benzene rings is 6. The minimum Gasteiger partial charge on any atom is -0.494 e. The third kappa shape index (κ3) is 15.1. The first-order chi connectivity index (χ1) is 34.9. The van der Waals surface area contributed by atoms with E-state index in [1.165, 1.54) is 36.4 Å². The van der Waals surface area contributed by atoms with E-state index in [9.17, 15) is 49.2 Å². The number of ketones is 2. The maximum absolute atomic E-state index is 12.7. The first-order valence-electron chi connectivity index (χ1n) is 23.4. The maximum atomic E-state index is 12.7. The molecular formula is C58H54O14. The Kier molecular flexibility index (Phi) is 19.6. The maximum Gasteiger partial charge on any atom is 0.340 e. The van der Waals surface area contributed by atoms with Crippen molar-refractivity contribution >= 4 is 47.6 Å². The number of rotatable bonds is 29. The molecular weight excluding hydrogens is 921 g/mol. The van der Waals surface area contributed by atoms with Gasteiger partial charge in [-0.3, -0.25) is 9.59 Å². The summed E-state index contributed by atoms with van der Waals surface area (Å²) in [6.07, 6.45) is 11.9. The minimum atomic E-state index is -1.68. The van der Waals surface area contributed by atoms with Gasteiger partial charge in [-0.15, -0.1) is 0 Å². The highest BCUT2D eigenvalue weighted by Crippen LogP contribution is 2.38. The van der Waals surface area contributed by atoms with Crippen LogP contribution >= 0.6 is 0 Å². The molecule has 6 rings (SSSR count). The van der Waals surface area contributed by atoms with Crippen LogP contribution in [0.2, 0.25) is 0 Å². The molecule has 14 heteroatoms. The molecule has 370 valence electrons. The van der Waals surface area contributed by atoms with Crippen molar-refractivity contribution in [2.75, 3.05) is 26.4 Å². The first kappa shape index (κ1) is 52.6. The van der Waals surface area contributed by atoms with E-state index in [1.54, 1.807) is 36.4 Å². The van der Waals surface area contributed by atoms with Gasteiger partial charge in [-0.1, -0.05) is 97.1 Å². The van der Waals surface area contributed by atoms with Gasteiger partial charge in [0.25, 0.3) is 0 Å². The summed E-state index contributed by atoms with van der Waals surface area (Å²) in [5.41, 5.74) is -0.687. The second-order valence-corrected chi connectivity index (χ2v) is 16.4. The van der Waals surface area contributed by atoms with E-state index >= 15 is 0 Å². The van der Waals surface area contributed by atoms with Crippen LogP contribution in [-0.4, -0.2) is 82.3 Å². The van der Waals surface area contributed by atoms with E-state index in [4.69, 9.17) is 18.9 Å². The number of hydrogen-bond acceptors (Lipinski definition) is 10. The molecule has 6 aromatic rings. The Morgan fingerprint density at radius 2 is 0.667 bits per heavy atom. The number of ether oxygens (including phenoxy) is 4. The molecule has 0 fully saturated rings. The second kappa shape index (κ2) is 26.8. The van der Waals surface area contributed by atoms with E-state index in [0.717, 1.165) is 36.8 Å². The van der Waals surface area contributed by atoms with Gasteiger partial charge >= 0.3 is 23.9 Å². The summed E-state index contributed by atoms with van der Waals surface area (Å²) < 4.78 is 23.2. The standard InChI is InChI=1S/C58H54O14/c59-47(41-15-7-5-8-16-41)31-23-39-19-25-43(26-20-39)69-35-11-1-3-13-37-71-49-33-29-45(51(55(61)62)53(49)57(65)66)46-30-34-50(54(58(67)68)52(46)56(63)64)72-38-14-4-2-12-36-70-44-27-21-40(22-28-44)24-32-48(60)42-17-9-6-10-18-42/h5-10,15-34H,1-4,11-14,35-38H2,(H,61,62)(H,63,64)(H,65,66)(H,67,68)/b31-23+,32-24+. The molecule has 0 unspecified atom stereocenters. The van der Waals surface area contributed by atoms with Crippen molar-refractivity contribution in [3.05, 3.63) is 190 Å². The second-order valence-electron chi connectivity index (χ2n) is 16.4. The Balaban J connectivity index is 0.966. The fourth-order valence-electron chi connectivity index (χ4n) is 7.68. The molecule has 0 heterocycles. The molecule has 0 saturated heterocycles. The molecule has 0 aliphatic heterocycles. The Labute approximate surface area is 416 Å². The lowest BCUT2D eigenvalue weighted by atomic mass is 9.89.